The number of rotatable bonds is 4. The van der Waals surface area contributed by atoms with Crippen LogP contribution in [0, 0.1) is 13.8 Å². The molecule has 0 aliphatic heterocycles. The first-order valence-electron chi connectivity index (χ1n) is 6.38. The number of anilines is 1. The van der Waals surface area contributed by atoms with E-state index in [9.17, 15) is 0 Å². The zero-order chi connectivity index (χ0) is 14.7. The molecule has 0 amide bonds. The molecule has 1 aromatic carbocycles. The molecule has 2 aromatic rings. The lowest BCUT2D eigenvalue weighted by molar-refractivity contribution is 0.181. The number of hydrogen-bond acceptors (Lipinski definition) is 4. The summed E-state index contributed by atoms with van der Waals surface area (Å²) in [6.07, 6.45) is 0. The summed E-state index contributed by atoms with van der Waals surface area (Å²) in [6, 6.07) is 6.16. The molecule has 0 aliphatic rings. The van der Waals surface area contributed by atoms with E-state index in [0.717, 1.165) is 21.5 Å². The molecule has 0 bridgehead atoms. The molecule has 1 heterocycles. The summed E-state index contributed by atoms with van der Waals surface area (Å²) in [4.78, 5) is 9.20. The zero-order valence-electron chi connectivity index (χ0n) is 12.1. The SMILES string of the molecule is CNc1nc(-c2cccc(C)c2C)nc(COC)c1Br. The number of benzene rings is 1. The van der Waals surface area contributed by atoms with E-state index in [1.54, 1.807) is 7.11 Å². The highest BCUT2D eigenvalue weighted by Gasteiger charge is 2.14. The third kappa shape index (κ3) is 2.83. The van der Waals surface area contributed by atoms with Crippen molar-refractivity contribution in [3.63, 3.8) is 0 Å². The normalized spacial score (nSPS) is 10.7. The van der Waals surface area contributed by atoms with Gasteiger partial charge in [-0.15, -0.1) is 0 Å². The molecule has 0 spiro atoms. The van der Waals surface area contributed by atoms with Crippen LogP contribution in [0.4, 0.5) is 5.82 Å². The predicted octanol–water partition coefficient (Wildman–Crippen LogP) is 3.71. The highest BCUT2D eigenvalue weighted by Crippen LogP contribution is 2.29. The standard InChI is InChI=1S/C15H18BrN3O/c1-9-6-5-7-11(10(9)2)14-18-12(8-20-4)13(16)15(17-3)19-14/h5-7H,8H2,1-4H3,(H,17,18,19). The lowest BCUT2D eigenvalue weighted by Crippen LogP contribution is -2.05. The van der Waals surface area contributed by atoms with Crippen LogP contribution in [0.3, 0.4) is 0 Å². The van der Waals surface area contributed by atoms with Crippen molar-refractivity contribution in [2.75, 3.05) is 19.5 Å². The second-order valence-electron chi connectivity index (χ2n) is 4.59. The van der Waals surface area contributed by atoms with Gasteiger partial charge >= 0.3 is 0 Å². The Balaban J connectivity index is 2.62. The first-order chi connectivity index (χ1) is 9.58. The van der Waals surface area contributed by atoms with Gasteiger partial charge in [-0.05, 0) is 40.9 Å². The number of nitrogens with zero attached hydrogens (tertiary/aromatic N) is 2. The monoisotopic (exact) mass is 335 g/mol. The summed E-state index contributed by atoms with van der Waals surface area (Å²) in [5, 5.41) is 3.08. The number of ether oxygens (including phenoxy) is 1. The quantitative estimate of drug-likeness (QED) is 0.925. The minimum atomic E-state index is 0.440. The van der Waals surface area contributed by atoms with Crippen LogP contribution >= 0.6 is 15.9 Å². The number of hydrogen-bond donors (Lipinski definition) is 1. The van der Waals surface area contributed by atoms with E-state index in [1.807, 2.05) is 19.2 Å². The molecule has 1 N–H and O–H groups in total. The molecule has 0 unspecified atom stereocenters. The Morgan fingerprint density at radius 2 is 2.00 bits per heavy atom. The lowest BCUT2D eigenvalue weighted by atomic mass is 10.0. The van der Waals surface area contributed by atoms with Gasteiger partial charge in [-0.1, -0.05) is 18.2 Å². The Morgan fingerprint density at radius 1 is 1.25 bits per heavy atom. The van der Waals surface area contributed by atoms with Crippen molar-refractivity contribution >= 4 is 21.7 Å². The molecular weight excluding hydrogens is 318 g/mol. The van der Waals surface area contributed by atoms with Gasteiger partial charge in [0.25, 0.3) is 0 Å². The van der Waals surface area contributed by atoms with Gasteiger partial charge in [-0.2, -0.15) is 0 Å². The van der Waals surface area contributed by atoms with Gasteiger partial charge in [0, 0.05) is 19.7 Å². The first kappa shape index (κ1) is 14.9. The summed E-state index contributed by atoms with van der Waals surface area (Å²) in [7, 11) is 3.50. The molecule has 106 valence electrons. The summed E-state index contributed by atoms with van der Waals surface area (Å²) in [5.74, 6) is 1.48. The summed E-state index contributed by atoms with van der Waals surface area (Å²) in [5.41, 5.74) is 4.31. The van der Waals surface area contributed by atoms with Crippen LogP contribution in [0.15, 0.2) is 22.7 Å². The van der Waals surface area contributed by atoms with E-state index in [2.05, 4.69) is 51.1 Å². The molecule has 0 atom stereocenters. The maximum Gasteiger partial charge on any atom is 0.162 e. The van der Waals surface area contributed by atoms with Crippen molar-refractivity contribution in [1.29, 1.82) is 0 Å². The van der Waals surface area contributed by atoms with E-state index in [-0.39, 0.29) is 0 Å². The van der Waals surface area contributed by atoms with Crippen molar-refractivity contribution in [2.45, 2.75) is 20.5 Å². The fourth-order valence-electron chi connectivity index (χ4n) is 2.01. The van der Waals surface area contributed by atoms with Gasteiger partial charge in [0.15, 0.2) is 5.82 Å². The van der Waals surface area contributed by atoms with Crippen molar-refractivity contribution < 1.29 is 4.74 Å². The minimum Gasteiger partial charge on any atom is -0.378 e. The summed E-state index contributed by atoms with van der Waals surface area (Å²) < 4.78 is 6.05. The number of aromatic nitrogens is 2. The predicted molar refractivity (Wildman–Crippen MR) is 84.9 cm³/mol. The van der Waals surface area contributed by atoms with Crippen LogP contribution in [0.1, 0.15) is 16.8 Å². The number of nitrogens with one attached hydrogen (secondary N) is 1. The second-order valence-corrected chi connectivity index (χ2v) is 5.38. The van der Waals surface area contributed by atoms with Crippen LogP contribution < -0.4 is 5.32 Å². The first-order valence-corrected chi connectivity index (χ1v) is 7.17. The smallest absolute Gasteiger partial charge is 0.162 e. The van der Waals surface area contributed by atoms with E-state index in [0.29, 0.717) is 12.4 Å². The van der Waals surface area contributed by atoms with Gasteiger partial charge < -0.3 is 10.1 Å². The maximum atomic E-state index is 5.20. The van der Waals surface area contributed by atoms with Crippen LogP contribution in [-0.2, 0) is 11.3 Å². The molecule has 1 aromatic heterocycles. The molecule has 20 heavy (non-hydrogen) atoms. The third-order valence-electron chi connectivity index (χ3n) is 3.28. The highest BCUT2D eigenvalue weighted by atomic mass is 79.9. The van der Waals surface area contributed by atoms with Crippen molar-refractivity contribution in [2.24, 2.45) is 0 Å². The van der Waals surface area contributed by atoms with Gasteiger partial charge in [0.1, 0.15) is 5.82 Å². The average molecular weight is 336 g/mol. The Hall–Kier alpha value is -1.46. The van der Waals surface area contributed by atoms with Crippen LogP contribution in [0.5, 0.6) is 0 Å². The Kier molecular flexibility index (Phi) is 4.73. The fourth-order valence-corrected chi connectivity index (χ4v) is 2.50. The molecule has 2 rings (SSSR count). The van der Waals surface area contributed by atoms with Crippen molar-refractivity contribution in [3.05, 3.63) is 39.5 Å². The Bertz CT molecular complexity index is 629. The largest absolute Gasteiger partial charge is 0.378 e. The third-order valence-corrected chi connectivity index (χ3v) is 4.12. The molecule has 0 aliphatic carbocycles. The molecule has 0 saturated heterocycles. The number of halogens is 1. The van der Waals surface area contributed by atoms with E-state index in [1.165, 1.54) is 11.1 Å². The van der Waals surface area contributed by atoms with Crippen molar-refractivity contribution in [1.82, 2.24) is 9.97 Å². The Morgan fingerprint density at radius 3 is 2.65 bits per heavy atom. The van der Waals surface area contributed by atoms with E-state index < -0.39 is 0 Å². The lowest BCUT2D eigenvalue weighted by Gasteiger charge is -2.13. The molecule has 0 radical (unpaired) electrons. The molecule has 0 saturated carbocycles. The van der Waals surface area contributed by atoms with Crippen LogP contribution in [0.2, 0.25) is 0 Å². The van der Waals surface area contributed by atoms with E-state index in [4.69, 9.17) is 4.74 Å². The molecule has 4 nitrogen and oxygen atoms in total. The zero-order valence-corrected chi connectivity index (χ0v) is 13.7. The van der Waals surface area contributed by atoms with Gasteiger partial charge in [0.05, 0.1) is 16.8 Å². The molecule has 5 heteroatoms. The average Bonchev–Trinajstić information content (AvgIpc) is 2.44. The second kappa shape index (κ2) is 6.33. The van der Waals surface area contributed by atoms with Gasteiger partial charge in [-0.3, -0.25) is 0 Å². The molecule has 0 fully saturated rings. The molecular formula is C15H18BrN3O. The highest BCUT2D eigenvalue weighted by molar-refractivity contribution is 9.10. The van der Waals surface area contributed by atoms with E-state index >= 15 is 0 Å². The minimum absolute atomic E-state index is 0.440. The number of methoxy groups -OCH3 is 1. The fraction of sp³-hybridized carbons (Fsp3) is 0.333. The van der Waals surface area contributed by atoms with Gasteiger partial charge in [-0.25, -0.2) is 9.97 Å². The van der Waals surface area contributed by atoms with Gasteiger partial charge in [0.2, 0.25) is 0 Å². The van der Waals surface area contributed by atoms with Crippen LogP contribution in [0.25, 0.3) is 11.4 Å². The summed E-state index contributed by atoms with van der Waals surface area (Å²) in [6.45, 7) is 4.62. The maximum absolute atomic E-state index is 5.20. The number of aryl methyl sites for hydroxylation is 1. The van der Waals surface area contributed by atoms with Crippen molar-refractivity contribution in [3.8, 4) is 11.4 Å². The van der Waals surface area contributed by atoms with Crippen LogP contribution in [-0.4, -0.2) is 24.1 Å². The topological polar surface area (TPSA) is 47.0 Å². The summed E-state index contributed by atoms with van der Waals surface area (Å²) >= 11 is 3.51. The Labute approximate surface area is 127 Å².